The number of nitrogens with zero attached hydrogens (tertiary/aromatic N) is 3. The first-order chi connectivity index (χ1) is 12.8. The highest BCUT2D eigenvalue weighted by atomic mass is 127. The Morgan fingerprint density at radius 3 is 2.74 bits per heavy atom. The van der Waals surface area contributed by atoms with Gasteiger partial charge in [0, 0.05) is 51.0 Å². The molecule has 0 saturated carbocycles. The van der Waals surface area contributed by atoms with Crippen LogP contribution < -0.4 is 15.5 Å². The van der Waals surface area contributed by atoms with Crippen LogP contribution >= 0.6 is 24.0 Å². The predicted octanol–water partition coefficient (Wildman–Crippen LogP) is 1.94. The van der Waals surface area contributed by atoms with Crippen LogP contribution in [-0.2, 0) is 11.2 Å². The maximum atomic E-state index is 5.39. The number of benzene rings is 1. The van der Waals surface area contributed by atoms with Crippen molar-refractivity contribution in [2.24, 2.45) is 4.99 Å². The molecule has 0 radical (unpaired) electrons. The topological polar surface area (TPSA) is 52.1 Å². The second kappa shape index (κ2) is 11.7. The number of hydrogen-bond donors (Lipinski definition) is 2. The number of nitrogens with one attached hydrogen (secondary N) is 2. The van der Waals surface area contributed by atoms with Crippen molar-refractivity contribution in [2.75, 3.05) is 63.9 Å². The van der Waals surface area contributed by atoms with E-state index in [-0.39, 0.29) is 24.0 Å². The van der Waals surface area contributed by atoms with Crippen LogP contribution in [-0.4, -0.2) is 75.9 Å². The molecule has 1 aromatic carbocycles. The third-order valence-corrected chi connectivity index (χ3v) is 5.13. The highest BCUT2D eigenvalue weighted by Crippen LogP contribution is 2.31. The number of fused-ring (bicyclic) bond motifs is 1. The second-order valence-electron chi connectivity index (χ2n) is 7.02. The maximum Gasteiger partial charge on any atom is 0.191 e. The first-order valence-corrected chi connectivity index (χ1v) is 9.94. The van der Waals surface area contributed by atoms with Crippen LogP contribution in [0.15, 0.2) is 29.3 Å². The van der Waals surface area contributed by atoms with Gasteiger partial charge in [-0.1, -0.05) is 18.2 Å². The van der Waals surface area contributed by atoms with Crippen LogP contribution in [0.4, 0.5) is 5.69 Å². The molecule has 0 amide bonds. The molecular weight excluding hydrogens is 453 g/mol. The fourth-order valence-electron chi connectivity index (χ4n) is 3.73. The second-order valence-corrected chi connectivity index (χ2v) is 7.02. The Labute approximate surface area is 180 Å². The average molecular weight is 487 g/mol. The Bertz CT molecular complexity index is 591. The quantitative estimate of drug-likeness (QED) is 0.350. The molecule has 1 atom stereocenters. The molecule has 6 nitrogen and oxygen atoms in total. The Kier molecular flexibility index (Phi) is 9.64. The summed E-state index contributed by atoms with van der Waals surface area (Å²) in [5.74, 6) is 0.917. The van der Waals surface area contributed by atoms with Crippen LogP contribution in [0.1, 0.15) is 19.4 Å². The first kappa shape index (κ1) is 22.2. The molecule has 2 aliphatic heterocycles. The first-order valence-electron chi connectivity index (χ1n) is 9.94. The predicted molar refractivity (Wildman–Crippen MR) is 124 cm³/mol. The van der Waals surface area contributed by atoms with Gasteiger partial charge in [-0.3, -0.25) is 9.89 Å². The molecule has 3 rings (SSSR count). The van der Waals surface area contributed by atoms with E-state index in [4.69, 9.17) is 9.73 Å². The van der Waals surface area contributed by atoms with E-state index in [0.717, 1.165) is 71.4 Å². The van der Waals surface area contributed by atoms with Crippen LogP contribution in [0.2, 0.25) is 0 Å². The minimum atomic E-state index is 0. The van der Waals surface area contributed by atoms with E-state index < -0.39 is 0 Å². The summed E-state index contributed by atoms with van der Waals surface area (Å²) >= 11 is 0. The van der Waals surface area contributed by atoms with Gasteiger partial charge in [-0.2, -0.15) is 0 Å². The number of ether oxygens (including phenoxy) is 1. The molecule has 1 aromatic rings. The SMILES string of the molecule is CCNC(=NCCN1CCOCC1)NCCN1c2ccccc2CC1C.I. The van der Waals surface area contributed by atoms with Crippen molar-refractivity contribution in [1.29, 1.82) is 0 Å². The Hall–Kier alpha value is -1.06. The van der Waals surface area contributed by atoms with Crippen LogP contribution in [0, 0.1) is 0 Å². The van der Waals surface area contributed by atoms with E-state index >= 15 is 0 Å². The van der Waals surface area contributed by atoms with Crippen molar-refractivity contribution < 1.29 is 4.74 Å². The highest BCUT2D eigenvalue weighted by molar-refractivity contribution is 14.0. The van der Waals surface area contributed by atoms with E-state index in [1.807, 2.05) is 0 Å². The van der Waals surface area contributed by atoms with Crippen LogP contribution in [0.3, 0.4) is 0 Å². The standard InChI is InChI=1S/C20H33N5O.HI/c1-3-21-20(22-8-10-24-12-14-26-15-13-24)23-9-11-25-17(2)16-18-6-4-5-7-19(18)25;/h4-7,17H,3,8-16H2,1-2H3,(H2,21,22,23);1H. The fourth-order valence-corrected chi connectivity index (χ4v) is 3.73. The summed E-state index contributed by atoms with van der Waals surface area (Å²) in [6.07, 6.45) is 1.14. The molecule has 152 valence electrons. The van der Waals surface area contributed by atoms with E-state index in [1.165, 1.54) is 11.3 Å². The molecule has 27 heavy (non-hydrogen) atoms. The molecular formula is C20H34IN5O. The molecule has 1 unspecified atom stereocenters. The van der Waals surface area contributed by atoms with E-state index in [0.29, 0.717) is 6.04 Å². The van der Waals surface area contributed by atoms with Gasteiger partial charge in [0.1, 0.15) is 0 Å². The number of aliphatic imine (C=N–C) groups is 1. The number of halogens is 1. The smallest absolute Gasteiger partial charge is 0.191 e. The normalized spacial score (nSPS) is 20.1. The molecule has 7 heteroatoms. The van der Waals surface area contributed by atoms with Crippen LogP contribution in [0.5, 0.6) is 0 Å². The van der Waals surface area contributed by atoms with E-state index in [9.17, 15) is 0 Å². The number of morpholine rings is 1. The summed E-state index contributed by atoms with van der Waals surface area (Å²) in [4.78, 5) is 9.64. The van der Waals surface area contributed by atoms with Gasteiger partial charge in [0.05, 0.1) is 19.8 Å². The average Bonchev–Trinajstić information content (AvgIpc) is 2.98. The van der Waals surface area contributed by atoms with Gasteiger partial charge < -0.3 is 20.3 Å². The number of guanidine groups is 1. The van der Waals surface area contributed by atoms with Crippen LogP contribution in [0.25, 0.3) is 0 Å². The number of para-hydroxylation sites is 1. The summed E-state index contributed by atoms with van der Waals surface area (Å²) in [5.41, 5.74) is 2.85. The van der Waals surface area contributed by atoms with Gasteiger partial charge >= 0.3 is 0 Å². The third kappa shape index (κ3) is 6.50. The van der Waals surface area contributed by atoms with Crippen molar-refractivity contribution in [1.82, 2.24) is 15.5 Å². The van der Waals surface area contributed by atoms with E-state index in [1.54, 1.807) is 0 Å². The van der Waals surface area contributed by atoms with Gasteiger partial charge in [-0.25, -0.2) is 0 Å². The molecule has 0 aliphatic carbocycles. The van der Waals surface area contributed by atoms with Gasteiger partial charge in [0.15, 0.2) is 5.96 Å². The van der Waals surface area contributed by atoms with Crippen molar-refractivity contribution >= 4 is 35.6 Å². The van der Waals surface area contributed by atoms with Gasteiger partial charge in [-0.15, -0.1) is 24.0 Å². The lowest BCUT2D eigenvalue weighted by atomic mass is 10.1. The Morgan fingerprint density at radius 1 is 1.19 bits per heavy atom. The highest BCUT2D eigenvalue weighted by Gasteiger charge is 2.24. The van der Waals surface area contributed by atoms with E-state index in [2.05, 4.69) is 58.5 Å². The summed E-state index contributed by atoms with van der Waals surface area (Å²) in [6.45, 7) is 12.7. The molecule has 2 N–H and O–H groups in total. The molecule has 2 aliphatic rings. The zero-order valence-corrected chi connectivity index (χ0v) is 18.9. The lowest BCUT2D eigenvalue weighted by molar-refractivity contribution is 0.0394. The molecule has 0 spiro atoms. The van der Waals surface area contributed by atoms with Gasteiger partial charge in [0.25, 0.3) is 0 Å². The summed E-state index contributed by atoms with van der Waals surface area (Å²) in [6, 6.07) is 9.32. The van der Waals surface area contributed by atoms with Gasteiger partial charge in [-0.05, 0) is 31.9 Å². The monoisotopic (exact) mass is 487 g/mol. The molecule has 1 saturated heterocycles. The van der Waals surface area contributed by atoms with Crippen molar-refractivity contribution in [3.05, 3.63) is 29.8 Å². The Morgan fingerprint density at radius 2 is 1.96 bits per heavy atom. The number of rotatable bonds is 7. The van der Waals surface area contributed by atoms with Crippen molar-refractivity contribution in [3.8, 4) is 0 Å². The third-order valence-electron chi connectivity index (χ3n) is 5.13. The summed E-state index contributed by atoms with van der Waals surface area (Å²) < 4.78 is 5.39. The maximum absolute atomic E-state index is 5.39. The van der Waals surface area contributed by atoms with Gasteiger partial charge in [0.2, 0.25) is 0 Å². The zero-order valence-electron chi connectivity index (χ0n) is 16.6. The lowest BCUT2D eigenvalue weighted by Crippen LogP contribution is -2.43. The lowest BCUT2D eigenvalue weighted by Gasteiger charge is -2.26. The summed E-state index contributed by atoms with van der Waals surface area (Å²) in [7, 11) is 0. The molecule has 1 fully saturated rings. The molecule has 0 aromatic heterocycles. The minimum absolute atomic E-state index is 0. The molecule has 0 bridgehead atoms. The molecule has 2 heterocycles. The minimum Gasteiger partial charge on any atom is -0.379 e. The van der Waals surface area contributed by atoms with Crippen molar-refractivity contribution in [3.63, 3.8) is 0 Å². The number of anilines is 1. The number of hydrogen-bond acceptors (Lipinski definition) is 4. The van der Waals surface area contributed by atoms with Crippen molar-refractivity contribution in [2.45, 2.75) is 26.3 Å². The zero-order chi connectivity index (χ0) is 18.2. The summed E-state index contributed by atoms with van der Waals surface area (Å²) in [5, 5.41) is 6.84. The Balaban J connectivity index is 0.00000261. The largest absolute Gasteiger partial charge is 0.379 e. The fraction of sp³-hybridized carbons (Fsp3) is 0.650.